The summed E-state index contributed by atoms with van der Waals surface area (Å²) in [4.78, 5) is 29.4. The summed E-state index contributed by atoms with van der Waals surface area (Å²) < 4.78 is 12.2. The average Bonchev–Trinajstić information content (AvgIpc) is 3.35. The smallest absolute Gasteiger partial charge is 0.247 e. The summed E-state index contributed by atoms with van der Waals surface area (Å²) >= 11 is 0. The molecular weight excluding hydrogens is 494 g/mol. The van der Waals surface area contributed by atoms with Crippen LogP contribution >= 0.6 is 0 Å². The highest BCUT2D eigenvalue weighted by Crippen LogP contribution is 2.27. The van der Waals surface area contributed by atoms with E-state index in [1.165, 1.54) is 0 Å². The van der Waals surface area contributed by atoms with Crippen LogP contribution < -0.4 is 14.8 Å². The molecule has 0 aliphatic rings. The summed E-state index contributed by atoms with van der Waals surface area (Å²) in [6.07, 6.45) is 0.832. The van der Waals surface area contributed by atoms with Crippen LogP contribution in [0.15, 0.2) is 72.8 Å². The second kappa shape index (κ2) is 12.9. The Morgan fingerprint density at radius 2 is 1.56 bits per heavy atom. The van der Waals surface area contributed by atoms with Gasteiger partial charge in [0.2, 0.25) is 11.8 Å². The summed E-state index contributed by atoms with van der Waals surface area (Å²) in [6, 6.07) is 21.3. The van der Waals surface area contributed by atoms with Gasteiger partial charge in [-0.05, 0) is 59.9 Å². The number of carbonyl (C=O) groups excluding carboxylic acids is 2. The molecule has 0 spiro atoms. The van der Waals surface area contributed by atoms with Crippen LogP contribution in [0, 0.1) is 5.92 Å². The molecule has 1 atom stereocenters. The fourth-order valence-electron chi connectivity index (χ4n) is 4.34. The standard InChI is InChI=1S/C30H35N5O4/c1-21(2)17-18-31-30(37)29(23-11-15-25(39-4)16-12-23)34(19-22-9-13-24(38-3)14-10-22)28(36)20-35-27-8-6-5-7-26(27)32-33-35/h5-16,21,29H,17-20H2,1-4H3,(H,31,37)/t29-/m0/s1. The lowest BCUT2D eigenvalue weighted by Crippen LogP contribution is -2.45. The molecule has 0 unspecified atom stereocenters. The van der Waals surface area contributed by atoms with Crippen LogP contribution in [-0.4, -0.2) is 52.5 Å². The van der Waals surface area contributed by atoms with Crippen molar-refractivity contribution in [2.45, 2.75) is 39.4 Å². The van der Waals surface area contributed by atoms with Crippen molar-refractivity contribution in [1.29, 1.82) is 0 Å². The molecule has 1 N–H and O–H groups in total. The van der Waals surface area contributed by atoms with Crippen molar-refractivity contribution in [3.05, 3.63) is 83.9 Å². The van der Waals surface area contributed by atoms with Gasteiger partial charge < -0.3 is 19.7 Å². The zero-order chi connectivity index (χ0) is 27.8. The van der Waals surface area contributed by atoms with Gasteiger partial charge in [0.05, 0.1) is 19.7 Å². The van der Waals surface area contributed by atoms with Crippen molar-refractivity contribution in [2.75, 3.05) is 20.8 Å². The van der Waals surface area contributed by atoms with Gasteiger partial charge in [-0.25, -0.2) is 4.68 Å². The third-order valence-electron chi connectivity index (χ3n) is 6.55. The van der Waals surface area contributed by atoms with E-state index in [0.29, 0.717) is 35.0 Å². The maximum Gasteiger partial charge on any atom is 0.247 e. The van der Waals surface area contributed by atoms with Crippen LogP contribution in [0.2, 0.25) is 0 Å². The highest BCUT2D eigenvalue weighted by atomic mass is 16.5. The minimum Gasteiger partial charge on any atom is -0.497 e. The number of methoxy groups -OCH3 is 2. The summed E-state index contributed by atoms with van der Waals surface area (Å²) in [7, 11) is 3.20. The van der Waals surface area contributed by atoms with Gasteiger partial charge in [0.15, 0.2) is 0 Å². The van der Waals surface area contributed by atoms with Gasteiger partial charge in [0.1, 0.15) is 29.6 Å². The molecule has 0 fully saturated rings. The number of carbonyl (C=O) groups is 2. The second-order valence-electron chi connectivity index (χ2n) is 9.75. The normalized spacial score (nSPS) is 11.8. The number of benzene rings is 3. The molecule has 39 heavy (non-hydrogen) atoms. The topological polar surface area (TPSA) is 98.6 Å². The van der Waals surface area contributed by atoms with Crippen molar-refractivity contribution in [1.82, 2.24) is 25.2 Å². The lowest BCUT2D eigenvalue weighted by molar-refractivity contribution is -0.142. The van der Waals surface area contributed by atoms with Crippen molar-refractivity contribution in [2.24, 2.45) is 5.92 Å². The van der Waals surface area contributed by atoms with E-state index in [9.17, 15) is 9.59 Å². The predicted octanol–water partition coefficient (Wildman–Crippen LogP) is 4.38. The molecule has 1 heterocycles. The molecule has 0 bridgehead atoms. The summed E-state index contributed by atoms with van der Waals surface area (Å²) in [5.74, 6) is 1.30. The lowest BCUT2D eigenvalue weighted by atomic mass is 10.0. The van der Waals surface area contributed by atoms with Crippen LogP contribution in [-0.2, 0) is 22.7 Å². The Balaban J connectivity index is 1.72. The number of rotatable bonds is 12. The molecule has 0 saturated carbocycles. The van der Waals surface area contributed by atoms with Gasteiger partial charge in [0, 0.05) is 13.1 Å². The van der Waals surface area contributed by atoms with E-state index in [1.54, 1.807) is 35.9 Å². The average molecular weight is 530 g/mol. The quantitative estimate of drug-likeness (QED) is 0.292. The predicted molar refractivity (Wildman–Crippen MR) is 149 cm³/mol. The molecule has 204 valence electrons. The Bertz CT molecular complexity index is 1380. The fourth-order valence-corrected chi connectivity index (χ4v) is 4.34. The Morgan fingerprint density at radius 3 is 2.21 bits per heavy atom. The van der Waals surface area contributed by atoms with Crippen LogP contribution in [0.5, 0.6) is 11.5 Å². The highest BCUT2D eigenvalue weighted by Gasteiger charge is 2.32. The van der Waals surface area contributed by atoms with E-state index in [2.05, 4.69) is 29.5 Å². The number of hydrogen-bond acceptors (Lipinski definition) is 6. The number of ether oxygens (including phenoxy) is 2. The van der Waals surface area contributed by atoms with Gasteiger partial charge >= 0.3 is 0 Å². The number of hydrogen-bond donors (Lipinski definition) is 1. The molecule has 3 aromatic carbocycles. The Kier molecular flexibility index (Phi) is 9.14. The van der Waals surface area contributed by atoms with Crippen LogP contribution in [0.4, 0.5) is 0 Å². The maximum absolute atomic E-state index is 14.0. The molecular formula is C30H35N5O4. The van der Waals surface area contributed by atoms with Crippen LogP contribution in [0.3, 0.4) is 0 Å². The summed E-state index contributed by atoms with van der Waals surface area (Å²) in [5, 5.41) is 11.4. The highest BCUT2D eigenvalue weighted by molar-refractivity contribution is 5.89. The first kappa shape index (κ1) is 27.6. The minimum absolute atomic E-state index is 0.0669. The van der Waals surface area contributed by atoms with E-state index in [1.807, 2.05) is 60.7 Å². The number of nitrogens with one attached hydrogen (secondary N) is 1. The van der Waals surface area contributed by atoms with Crippen molar-refractivity contribution in [3.8, 4) is 11.5 Å². The molecule has 0 aliphatic heterocycles. The largest absolute Gasteiger partial charge is 0.497 e. The third kappa shape index (κ3) is 6.93. The number of aromatic nitrogens is 3. The zero-order valence-electron chi connectivity index (χ0n) is 22.8. The summed E-state index contributed by atoms with van der Waals surface area (Å²) in [5.41, 5.74) is 2.99. The van der Waals surface area contributed by atoms with E-state index in [4.69, 9.17) is 9.47 Å². The Hall–Kier alpha value is -4.40. The number of nitrogens with zero attached hydrogens (tertiary/aromatic N) is 4. The van der Waals surface area contributed by atoms with Crippen molar-refractivity contribution in [3.63, 3.8) is 0 Å². The van der Waals surface area contributed by atoms with E-state index >= 15 is 0 Å². The summed E-state index contributed by atoms with van der Waals surface area (Å²) in [6.45, 7) is 4.87. The third-order valence-corrected chi connectivity index (χ3v) is 6.55. The second-order valence-corrected chi connectivity index (χ2v) is 9.75. The van der Waals surface area contributed by atoms with Gasteiger partial charge in [0.25, 0.3) is 0 Å². The molecule has 4 rings (SSSR count). The van der Waals surface area contributed by atoms with Crippen LogP contribution in [0.25, 0.3) is 11.0 Å². The minimum atomic E-state index is -0.868. The van der Waals surface area contributed by atoms with E-state index in [0.717, 1.165) is 17.5 Å². The van der Waals surface area contributed by atoms with Crippen molar-refractivity contribution < 1.29 is 19.1 Å². The SMILES string of the molecule is COc1ccc(CN(C(=O)Cn2nnc3ccccc32)[C@H](C(=O)NCCC(C)C)c2ccc(OC)cc2)cc1. The maximum atomic E-state index is 14.0. The van der Waals surface area contributed by atoms with Crippen molar-refractivity contribution >= 4 is 22.8 Å². The van der Waals surface area contributed by atoms with E-state index < -0.39 is 6.04 Å². The molecule has 0 radical (unpaired) electrons. The van der Waals surface area contributed by atoms with E-state index in [-0.39, 0.29) is 24.9 Å². The molecule has 0 saturated heterocycles. The Labute approximate surface area is 228 Å². The zero-order valence-corrected chi connectivity index (χ0v) is 22.8. The van der Waals surface area contributed by atoms with Gasteiger partial charge in [-0.1, -0.05) is 55.5 Å². The Morgan fingerprint density at radius 1 is 0.923 bits per heavy atom. The monoisotopic (exact) mass is 529 g/mol. The number of amides is 2. The molecule has 4 aromatic rings. The molecule has 2 amide bonds. The first-order valence-corrected chi connectivity index (χ1v) is 13.0. The molecule has 9 nitrogen and oxygen atoms in total. The molecule has 1 aromatic heterocycles. The molecule has 0 aliphatic carbocycles. The van der Waals surface area contributed by atoms with Gasteiger partial charge in [-0.3, -0.25) is 9.59 Å². The first-order valence-electron chi connectivity index (χ1n) is 13.0. The molecule has 9 heteroatoms. The van der Waals surface area contributed by atoms with Gasteiger partial charge in [-0.2, -0.15) is 0 Å². The lowest BCUT2D eigenvalue weighted by Gasteiger charge is -2.32. The first-order chi connectivity index (χ1) is 18.9. The number of para-hydroxylation sites is 1. The number of fused-ring (bicyclic) bond motifs is 1. The fraction of sp³-hybridized carbons (Fsp3) is 0.333. The van der Waals surface area contributed by atoms with Crippen LogP contribution in [0.1, 0.15) is 37.4 Å². The van der Waals surface area contributed by atoms with Gasteiger partial charge in [-0.15, -0.1) is 5.10 Å².